The van der Waals surface area contributed by atoms with Crippen LogP contribution in [0.1, 0.15) is 37.1 Å². The monoisotopic (exact) mass is 440 g/mol. The van der Waals surface area contributed by atoms with Gasteiger partial charge in [0.25, 0.3) is 5.91 Å². The number of rotatable bonds is 5. The Kier molecular flexibility index (Phi) is 5.32. The van der Waals surface area contributed by atoms with Gasteiger partial charge in [-0.3, -0.25) is 9.36 Å². The maximum absolute atomic E-state index is 13.3. The molecule has 0 saturated heterocycles. The predicted molar refractivity (Wildman–Crippen MR) is 116 cm³/mol. The van der Waals surface area contributed by atoms with E-state index in [1.165, 1.54) is 16.7 Å². The van der Waals surface area contributed by atoms with Crippen molar-refractivity contribution in [3.05, 3.63) is 80.4 Å². The van der Waals surface area contributed by atoms with Gasteiger partial charge in [-0.05, 0) is 55.0 Å². The van der Waals surface area contributed by atoms with Crippen molar-refractivity contribution in [3.63, 3.8) is 0 Å². The van der Waals surface area contributed by atoms with Crippen molar-refractivity contribution < 1.29 is 19.4 Å². The molecule has 0 spiro atoms. The fourth-order valence-electron chi connectivity index (χ4n) is 3.44. The molecule has 0 aliphatic carbocycles. The SMILES string of the molecule is COc1ccc2c(c1)c(Cc1nc(C(=O)O)cs1)c(C)n2C(=O)c1ccc(Cl)cc1. The van der Waals surface area contributed by atoms with Crippen LogP contribution in [0.3, 0.4) is 0 Å². The van der Waals surface area contributed by atoms with Crippen molar-refractivity contribution in [2.45, 2.75) is 13.3 Å². The summed E-state index contributed by atoms with van der Waals surface area (Å²) >= 11 is 7.24. The van der Waals surface area contributed by atoms with E-state index in [9.17, 15) is 9.59 Å². The minimum atomic E-state index is -1.06. The number of fused-ring (bicyclic) bond motifs is 1. The number of halogens is 1. The largest absolute Gasteiger partial charge is 0.497 e. The molecule has 0 saturated carbocycles. The highest BCUT2D eigenvalue weighted by Crippen LogP contribution is 2.32. The number of hydrogen-bond donors (Lipinski definition) is 1. The van der Waals surface area contributed by atoms with E-state index >= 15 is 0 Å². The number of carbonyl (C=O) groups excluding carboxylic acids is 1. The highest BCUT2D eigenvalue weighted by molar-refractivity contribution is 7.09. The van der Waals surface area contributed by atoms with Crippen molar-refractivity contribution >= 4 is 45.7 Å². The Morgan fingerprint density at radius 3 is 2.57 bits per heavy atom. The van der Waals surface area contributed by atoms with Crippen LogP contribution in [0.5, 0.6) is 5.75 Å². The Morgan fingerprint density at radius 1 is 1.20 bits per heavy atom. The van der Waals surface area contributed by atoms with E-state index in [0.29, 0.717) is 27.8 Å². The predicted octanol–water partition coefficient (Wildman–Crippen LogP) is 5.05. The summed E-state index contributed by atoms with van der Waals surface area (Å²) in [6, 6.07) is 12.3. The Hall–Kier alpha value is -3.16. The van der Waals surface area contributed by atoms with Gasteiger partial charge in [-0.1, -0.05) is 11.6 Å². The summed E-state index contributed by atoms with van der Waals surface area (Å²) in [7, 11) is 1.59. The number of benzene rings is 2. The Balaban J connectivity index is 1.86. The second-order valence-electron chi connectivity index (χ2n) is 6.70. The molecule has 4 aromatic rings. The topological polar surface area (TPSA) is 81.4 Å². The van der Waals surface area contributed by atoms with Crippen molar-refractivity contribution in [1.29, 1.82) is 0 Å². The molecule has 0 aliphatic heterocycles. The number of hydrogen-bond acceptors (Lipinski definition) is 5. The van der Waals surface area contributed by atoms with Crippen LogP contribution in [0.2, 0.25) is 5.02 Å². The van der Waals surface area contributed by atoms with Gasteiger partial charge in [0.1, 0.15) is 5.75 Å². The quantitative estimate of drug-likeness (QED) is 0.470. The first-order chi connectivity index (χ1) is 14.4. The zero-order valence-corrected chi connectivity index (χ0v) is 17.8. The van der Waals surface area contributed by atoms with Crippen LogP contribution in [-0.4, -0.2) is 33.6 Å². The Bertz CT molecular complexity index is 1270. The third-order valence-electron chi connectivity index (χ3n) is 4.94. The number of nitrogens with zero attached hydrogens (tertiary/aromatic N) is 2. The zero-order valence-electron chi connectivity index (χ0n) is 16.2. The van der Waals surface area contributed by atoms with E-state index in [-0.39, 0.29) is 11.6 Å². The molecular formula is C22H17ClN2O4S. The van der Waals surface area contributed by atoms with Crippen LogP contribution in [0.4, 0.5) is 0 Å². The molecule has 0 aliphatic rings. The number of aromatic carboxylic acids is 1. The normalized spacial score (nSPS) is 11.0. The van der Waals surface area contributed by atoms with Crippen LogP contribution >= 0.6 is 22.9 Å². The molecule has 2 aromatic carbocycles. The highest BCUT2D eigenvalue weighted by Gasteiger charge is 2.22. The van der Waals surface area contributed by atoms with Gasteiger partial charge in [0.15, 0.2) is 5.69 Å². The molecule has 0 radical (unpaired) electrons. The summed E-state index contributed by atoms with van der Waals surface area (Å²) in [4.78, 5) is 28.7. The maximum atomic E-state index is 13.3. The lowest BCUT2D eigenvalue weighted by Crippen LogP contribution is -2.13. The number of carboxylic acids is 1. The van der Waals surface area contributed by atoms with E-state index in [0.717, 1.165) is 22.2 Å². The highest BCUT2D eigenvalue weighted by atomic mass is 35.5. The average Bonchev–Trinajstić information content (AvgIpc) is 3.31. The number of thiazole rings is 1. The second kappa shape index (κ2) is 7.93. The first-order valence-electron chi connectivity index (χ1n) is 9.05. The number of carbonyl (C=O) groups is 2. The fraction of sp³-hybridized carbons (Fsp3) is 0.136. The van der Waals surface area contributed by atoms with E-state index in [4.69, 9.17) is 21.4 Å². The standard InChI is InChI=1S/C22H17ClN2O4S/c1-12-16(10-20-24-18(11-30-20)22(27)28)17-9-15(29-2)7-8-19(17)25(12)21(26)13-3-5-14(23)6-4-13/h3-9,11H,10H2,1-2H3,(H,27,28). The minimum Gasteiger partial charge on any atom is -0.497 e. The molecule has 152 valence electrons. The Labute approximate surface area is 181 Å². The smallest absolute Gasteiger partial charge is 0.355 e. The van der Waals surface area contributed by atoms with Crippen LogP contribution < -0.4 is 4.74 Å². The van der Waals surface area contributed by atoms with Gasteiger partial charge in [0.2, 0.25) is 0 Å². The molecule has 0 atom stereocenters. The van der Waals surface area contributed by atoms with E-state index in [1.54, 1.807) is 35.9 Å². The lowest BCUT2D eigenvalue weighted by atomic mass is 10.1. The summed E-state index contributed by atoms with van der Waals surface area (Å²) in [6.45, 7) is 1.88. The molecule has 4 rings (SSSR count). The Morgan fingerprint density at radius 2 is 1.93 bits per heavy atom. The van der Waals surface area contributed by atoms with Crippen LogP contribution in [0, 0.1) is 6.92 Å². The minimum absolute atomic E-state index is 0.0196. The first kappa shape index (κ1) is 20.1. The maximum Gasteiger partial charge on any atom is 0.355 e. The van der Waals surface area contributed by atoms with E-state index < -0.39 is 5.97 Å². The van der Waals surface area contributed by atoms with E-state index in [1.807, 2.05) is 25.1 Å². The lowest BCUT2D eigenvalue weighted by molar-refractivity contribution is 0.0691. The van der Waals surface area contributed by atoms with Gasteiger partial charge < -0.3 is 9.84 Å². The summed E-state index contributed by atoms with van der Waals surface area (Å²) in [6.07, 6.45) is 0.411. The zero-order chi connectivity index (χ0) is 21.4. The molecule has 8 heteroatoms. The van der Waals surface area contributed by atoms with E-state index in [2.05, 4.69) is 4.98 Å². The summed E-state index contributed by atoms with van der Waals surface area (Å²) in [5.74, 6) is -0.558. The van der Waals surface area contributed by atoms with Gasteiger partial charge in [-0.2, -0.15) is 0 Å². The third-order valence-corrected chi connectivity index (χ3v) is 6.04. The van der Waals surface area contributed by atoms with Gasteiger partial charge in [-0.15, -0.1) is 11.3 Å². The van der Waals surface area contributed by atoms with Gasteiger partial charge in [-0.25, -0.2) is 9.78 Å². The van der Waals surface area contributed by atoms with Crippen LogP contribution in [0.25, 0.3) is 10.9 Å². The van der Waals surface area contributed by atoms with Gasteiger partial charge in [0.05, 0.1) is 17.6 Å². The number of carboxylic acid groups (broad SMARTS) is 1. The first-order valence-corrected chi connectivity index (χ1v) is 10.3. The van der Waals surface area contributed by atoms with Crippen molar-refractivity contribution in [2.24, 2.45) is 0 Å². The molecule has 0 bridgehead atoms. The molecule has 1 N–H and O–H groups in total. The summed E-state index contributed by atoms with van der Waals surface area (Å²) < 4.78 is 7.04. The second-order valence-corrected chi connectivity index (χ2v) is 8.08. The molecule has 0 amide bonds. The molecule has 0 fully saturated rings. The van der Waals surface area contributed by atoms with Crippen LogP contribution in [0.15, 0.2) is 47.8 Å². The molecular weight excluding hydrogens is 424 g/mol. The molecule has 2 aromatic heterocycles. The number of methoxy groups -OCH3 is 1. The summed E-state index contributed by atoms with van der Waals surface area (Å²) in [5.41, 5.74) is 2.96. The van der Waals surface area contributed by atoms with Gasteiger partial charge >= 0.3 is 5.97 Å². The molecule has 6 nitrogen and oxygen atoms in total. The van der Waals surface area contributed by atoms with Gasteiger partial charge in [0, 0.05) is 33.5 Å². The number of aromatic nitrogens is 2. The molecule has 0 unspecified atom stereocenters. The van der Waals surface area contributed by atoms with Crippen molar-refractivity contribution in [3.8, 4) is 5.75 Å². The van der Waals surface area contributed by atoms with Crippen LogP contribution in [-0.2, 0) is 6.42 Å². The fourth-order valence-corrected chi connectivity index (χ4v) is 4.34. The third kappa shape index (κ3) is 3.58. The van der Waals surface area contributed by atoms with Crippen molar-refractivity contribution in [1.82, 2.24) is 9.55 Å². The average molecular weight is 441 g/mol. The number of ether oxygens (including phenoxy) is 1. The van der Waals surface area contributed by atoms with Crippen molar-refractivity contribution in [2.75, 3.05) is 7.11 Å². The lowest BCUT2D eigenvalue weighted by Gasteiger charge is -2.08. The molecule has 2 heterocycles. The summed E-state index contributed by atoms with van der Waals surface area (Å²) in [5, 5.41) is 12.8. The molecule has 30 heavy (non-hydrogen) atoms.